The minimum atomic E-state index is 0.899. The van der Waals surface area contributed by atoms with Crippen LogP contribution in [0.25, 0.3) is 0 Å². The Kier molecular flexibility index (Phi) is 4.70. The van der Waals surface area contributed by atoms with E-state index in [1.807, 2.05) is 0 Å². The predicted molar refractivity (Wildman–Crippen MR) is 75.9 cm³/mol. The van der Waals surface area contributed by atoms with Crippen LogP contribution in [-0.4, -0.2) is 0 Å². The van der Waals surface area contributed by atoms with Crippen LogP contribution in [-0.2, 0) is 0 Å². The zero-order valence-corrected chi connectivity index (χ0v) is 12.0. The van der Waals surface area contributed by atoms with Gasteiger partial charge in [0.25, 0.3) is 0 Å². The van der Waals surface area contributed by atoms with E-state index in [1.54, 1.807) is 0 Å². The van der Waals surface area contributed by atoms with Crippen molar-refractivity contribution in [3.8, 4) is 0 Å². The van der Waals surface area contributed by atoms with E-state index in [1.165, 1.54) is 44.9 Å². The molecule has 2 fully saturated rings. The zero-order chi connectivity index (χ0) is 12.3. The van der Waals surface area contributed by atoms with Gasteiger partial charge in [0.2, 0.25) is 0 Å². The van der Waals surface area contributed by atoms with E-state index in [0.29, 0.717) is 0 Å². The van der Waals surface area contributed by atoms with Crippen LogP contribution in [0.15, 0.2) is 12.2 Å². The molecule has 2 aliphatic rings. The molecule has 0 radical (unpaired) electrons. The third-order valence-electron chi connectivity index (χ3n) is 5.59. The summed E-state index contributed by atoms with van der Waals surface area (Å²) < 4.78 is 0. The fourth-order valence-corrected chi connectivity index (χ4v) is 4.10. The van der Waals surface area contributed by atoms with Gasteiger partial charge in [0, 0.05) is 0 Å². The van der Waals surface area contributed by atoms with Gasteiger partial charge in [-0.1, -0.05) is 32.4 Å². The lowest BCUT2D eigenvalue weighted by Crippen LogP contribution is -2.28. The summed E-state index contributed by atoms with van der Waals surface area (Å²) in [6.07, 6.45) is 15.1. The lowest BCUT2D eigenvalue weighted by Gasteiger charge is -2.39. The third kappa shape index (κ3) is 3.36. The van der Waals surface area contributed by atoms with Crippen LogP contribution in [0, 0.1) is 29.6 Å². The smallest absolute Gasteiger partial charge is 0.0233 e. The second-order valence-electron chi connectivity index (χ2n) is 6.73. The molecule has 17 heavy (non-hydrogen) atoms. The summed E-state index contributed by atoms with van der Waals surface area (Å²) in [6.45, 7) is 7.09. The molecule has 0 aromatic rings. The minimum Gasteiger partial charge on any atom is -0.0914 e. The Morgan fingerprint density at radius 3 is 2.00 bits per heavy atom. The van der Waals surface area contributed by atoms with E-state index in [4.69, 9.17) is 0 Å². The Balaban J connectivity index is 1.81. The van der Waals surface area contributed by atoms with Gasteiger partial charge in [0.1, 0.15) is 0 Å². The monoisotopic (exact) mass is 234 g/mol. The molecule has 0 spiro atoms. The maximum absolute atomic E-state index is 2.47. The molecule has 98 valence electrons. The number of rotatable bonds is 2. The molecule has 2 aliphatic carbocycles. The third-order valence-corrected chi connectivity index (χ3v) is 5.59. The maximum Gasteiger partial charge on any atom is -0.0233 e. The largest absolute Gasteiger partial charge is 0.0914 e. The molecule has 0 N–H and O–H groups in total. The highest BCUT2D eigenvalue weighted by Gasteiger charge is 2.31. The lowest BCUT2D eigenvalue weighted by molar-refractivity contribution is 0.123. The molecule has 2 saturated carbocycles. The average Bonchev–Trinajstić information content (AvgIpc) is 2.34. The van der Waals surface area contributed by atoms with Gasteiger partial charge in [0.05, 0.1) is 0 Å². The lowest BCUT2D eigenvalue weighted by atomic mass is 9.66. The van der Waals surface area contributed by atoms with Gasteiger partial charge < -0.3 is 0 Å². The van der Waals surface area contributed by atoms with Gasteiger partial charge in [-0.05, 0) is 75.0 Å². The molecule has 0 aliphatic heterocycles. The normalized spacial score (nSPS) is 44.1. The molecule has 0 amide bonds. The fourth-order valence-electron chi connectivity index (χ4n) is 4.10. The van der Waals surface area contributed by atoms with Crippen LogP contribution in [0.2, 0.25) is 0 Å². The van der Waals surface area contributed by atoms with E-state index in [2.05, 4.69) is 32.9 Å². The Labute approximate surface area is 108 Å². The first-order chi connectivity index (χ1) is 8.20. The zero-order valence-electron chi connectivity index (χ0n) is 12.0. The summed E-state index contributed by atoms with van der Waals surface area (Å²) in [5, 5.41) is 0. The highest BCUT2D eigenvalue weighted by Crippen LogP contribution is 2.43. The van der Waals surface area contributed by atoms with Crippen molar-refractivity contribution in [1.82, 2.24) is 0 Å². The van der Waals surface area contributed by atoms with E-state index >= 15 is 0 Å². The summed E-state index contributed by atoms with van der Waals surface area (Å²) in [4.78, 5) is 0. The SMILES string of the molecule is CC=CC1CCC(C2CCC(C)C(C)C2)CC1. The van der Waals surface area contributed by atoms with Crippen LogP contribution >= 0.6 is 0 Å². The molecule has 0 bridgehead atoms. The first-order valence-corrected chi connectivity index (χ1v) is 7.83. The molecule has 0 nitrogen and oxygen atoms in total. The number of allylic oxidation sites excluding steroid dienone is 2. The first-order valence-electron chi connectivity index (χ1n) is 7.83. The molecule has 0 heterocycles. The van der Waals surface area contributed by atoms with Crippen molar-refractivity contribution in [1.29, 1.82) is 0 Å². The Morgan fingerprint density at radius 2 is 1.41 bits per heavy atom. The number of hydrogen-bond donors (Lipinski definition) is 0. The van der Waals surface area contributed by atoms with Gasteiger partial charge >= 0.3 is 0 Å². The van der Waals surface area contributed by atoms with Crippen LogP contribution in [0.5, 0.6) is 0 Å². The average molecular weight is 234 g/mol. The standard InChI is InChI=1S/C17H30/c1-4-5-15-7-10-16(11-8-15)17-9-6-13(2)14(3)12-17/h4-5,13-17H,6-12H2,1-3H3. The molecule has 0 heteroatoms. The fraction of sp³-hybridized carbons (Fsp3) is 0.882. The molecule has 3 atom stereocenters. The van der Waals surface area contributed by atoms with Crippen molar-refractivity contribution < 1.29 is 0 Å². The highest BCUT2D eigenvalue weighted by atomic mass is 14.4. The highest BCUT2D eigenvalue weighted by molar-refractivity contribution is 4.91. The second kappa shape index (κ2) is 6.07. The van der Waals surface area contributed by atoms with Crippen molar-refractivity contribution in [3.63, 3.8) is 0 Å². The van der Waals surface area contributed by atoms with Gasteiger partial charge in [-0.2, -0.15) is 0 Å². The van der Waals surface area contributed by atoms with Crippen molar-refractivity contribution in [3.05, 3.63) is 12.2 Å². The van der Waals surface area contributed by atoms with E-state index in [0.717, 1.165) is 29.6 Å². The molecule has 0 aromatic carbocycles. The van der Waals surface area contributed by atoms with Crippen molar-refractivity contribution in [2.24, 2.45) is 29.6 Å². The van der Waals surface area contributed by atoms with Crippen LogP contribution in [0.3, 0.4) is 0 Å². The van der Waals surface area contributed by atoms with Crippen molar-refractivity contribution in [2.75, 3.05) is 0 Å². The van der Waals surface area contributed by atoms with Crippen LogP contribution in [0.1, 0.15) is 65.7 Å². The van der Waals surface area contributed by atoms with Gasteiger partial charge in [-0.3, -0.25) is 0 Å². The summed E-state index contributed by atoms with van der Waals surface area (Å²) in [6, 6.07) is 0. The summed E-state index contributed by atoms with van der Waals surface area (Å²) in [7, 11) is 0. The van der Waals surface area contributed by atoms with Gasteiger partial charge in [0.15, 0.2) is 0 Å². The molecular weight excluding hydrogens is 204 g/mol. The van der Waals surface area contributed by atoms with E-state index in [-0.39, 0.29) is 0 Å². The maximum atomic E-state index is 2.47. The topological polar surface area (TPSA) is 0 Å². The minimum absolute atomic E-state index is 0.899. The van der Waals surface area contributed by atoms with E-state index < -0.39 is 0 Å². The summed E-state index contributed by atoms with van der Waals surface area (Å²) in [5.41, 5.74) is 0. The Bertz CT molecular complexity index is 245. The van der Waals surface area contributed by atoms with Gasteiger partial charge in [-0.25, -0.2) is 0 Å². The van der Waals surface area contributed by atoms with E-state index in [9.17, 15) is 0 Å². The molecule has 2 rings (SSSR count). The number of hydrogen-bond acceptors (Lipinski definition) is 0. The quantitative estimate of drug-likeness (QED) is 0.558. The van der Waals surface area contributed by atoms with Crippen LogP contribution < -0.4 is 0 Å². The Morgan fingerprint density at radius 1 is 0.765 bits per heavy atom. The van der Waals surface area contributed by atoms with Crippen LogP contribution in [0.4, 0.5) is 0 Å². The molecule has 3 unspecified atom stereocenters. The second-order valence-corrected chi connectivity index (χ2v) is 6.73. The van der Waals surface area contributed by atoms with Crippen molar-refractivity contribution >= 4 is 0 Å². The van der Waals surface area contributed by atoms with Crippen molar-refractivity contribution in [2.45, 2.75) is 65.7 Å². The molecule has 0 aromatic heterocycles. The molecule has 0 saturated heterocycles. The predicted octanol–water partition coefficient (Wildman–Crippen LogP) is 5.44. The first kappa shape index (κ1) is 13.2. The Hall–Kier alpha value is -0.260. The summed E-state index contributed by atoms with van der Waals surface area (Å²) in [5.74, 6) is 4.98. The summed E-state index contributed by atoms with van der Waals surface area (Å²) >= 11 is 0. The molecular formula is C17H30. The van der Waals surface area contributed by atoms with Gasteiger partial charge in [-0.15, -0.1) is 0 Å².